The van der Waals surface area contributed by atoms with Crippen molar-refractivity contribution in [2.45, 2.75) is 32.3 Å². The molecule has 1 aliphatic rings. The molecule has 19 heavy (non-hydrogen) atoms. The quantitative estimate of drug-likeness (QED) is 0.696. The summed E-state index contributed by atoms with van der Waals surface area (Å²) in [4.78, 5) is 25.5. The van der Waals surface area contributed by atoms with Crippen LogP contribution in [0, 0.1) is 5.92 Å². The largest absolute Gasteiger partial charge is 0.466 e. The lowest BCUT2D eigenvalue weighted by Gasteiger charge is -2.32. The van der Waals surface area contributed by atoms with E-state index in [0.29, 0.717) is 26.2 Å². The topological polar surface area (TPSA) is 81.9 Å². The first kappa shape index (κ1) is 15.9. The molecular formula is C13H24N2O4. The zero-order valence-corrected chi connectivity index (χ0v) is 11.8. The molecule has 1 rings (SSSR count). The second-order valence-electron chi connectivity index (χ2n) is 4.73. The summed E-state index contributed by atoms with van der Waals surface area (Å²) in [5.41, 5.74) is 5.51. The summed E-state index contributed by atoms with van der Waals surface area (Å²) in [5, 5.41) is 0. The number of nitrogens with two attached hydrogens (primary N) is 1. The molecule has 6 nitrogen and oxygen atoms in total. The molecule has 0 saturated carbocycles. The van der Waals surface area contributed by atoms with Gasteiger partial charge in [-0.15, -0.1) is 0 Å². The molecular weight excluding hydrogens is 248 g/mol. The van der Waals surface area contributed by atoms with E-state index in [4.69, 9.17) is 15.2 Å². The lowest BCUT2D eigenvalue weighted by molar-refractivity contribution is -0.151. The highest BCUT2D eigenvalue weighted by Gasteiger charge is 2.29. The molecule has 0 aromatic carbocycles. The predicted molar refractivity (Wildman–Crippen MR) is 70.4 cm³/mol. The maximum absolute atomic E-state index is 12.1. The van der Waals surface area contributed by atoms with Crippen LogP contribution in [0.2, 0.25) is 0 Å². The van der Waals surface area contributed by atoms with E-state index in [1.807, 2.05) is 0 Å². The summed E-state index contributed by atoms with van der Waals surface area (Å²) in [7, 11) is 1.54. The van der Waals surface area contributed by atoms with Gasteiger partial charge in [0.25, 0.3) is 0 Å². The lowest BCUT2D eigenvalue weighted by Crippen LogP contribution is -2.44. The van der Waals surface area contributed by atoms with Crippen LogP contribution >= 0.6 is 0 Å². The van der Waals surface area contributed by atoms with Gasteiger partial charge in [0, 0.05) is 26.7 Å². The first-order valence-corrected chi connectivity index (χ1v) is 6.79. The van der Waals surface area contributed by atoms with Crippen molar-refractivity contribution < 1.29 is 19.1 Å². The molecule has 0 spiro atoms. The highest BCUT2D eigenvalue weighted by atomic mass is 16.5. The number of carbonyl (C=O) groups excluding carboxylic acids is 2. The Bertz CT molecular complexity index is 305. The second-order valence-corrected chi connectivity index (χ2v) is 4.73. The van der Waals surface area contributed by atoms with Crippen LogP contribution in [0.25, 0.3) is 0 Å². The number of ether oxygens (including phenoxy) is 2. The number of piperidine rings is 1. The fraction of sp³-hybridized carbons (Fsp3) is 0.846. The van der Waals surface area contributed by atoms with Gasteiger partial charge in [0.15, 0.2) is 0 Å². The van der Waals surface area contributed by atoms with Crippen LogP contribution in [0.5, 0.6) is 0 Å². The third-order valence-electron chi connectivity index (χ3n) is 3.39. The molecule has 0 aromatic rings. The van der Waals surface area contributed by atoms with Gasteiger partial charge in [-0.25, -0.2) is 0 Å². The minimum atomic E-state index is -0.254. The molecule has 110 valence electrons. The number of rotatable bonds is 6. The van der Waals surface area contributed by atoms with E-state index in [-0.39, 0.29) is 30.3 Å². The minimum absolute atomic E-state index is 0.00806. The second kappa shape index (κ2) is 8.12. The molecule has 1 aliphatic heterocycles. The van der Waals surface area contributed by atoms with Gasteiger partial charge in [0.2, 0.25) is 5.91 Å². The molecule has 6 heteroatoms. The van der Waals surface area contributed by atoms with Crippen molar-refractivity contribution in [3.63, 3.8) is 0 Å². The third-order valence-corrected chi connectivity index (χ3v) is 3.39. The maximum atomic E-state index is 12.1. The SMILES string of the molecule is CCOC(=O)C1CCCN(C(=O)CC(CN)OC)C1. The fourth-order valence-corrected chi connectivity index (χ4v) is 2.24. The highest BCUT2D eigenvalue weighted by molar-refractivity contribution is 5.79. The number of hydrogen-bond donors (Lipinski definition) is 1. The molecule has 2 atom stereocenters. The van der Waals surface area contributed by atoms with Crippen molar-refractivity contribution in [3.8, 4) is 0 Å². The maximum Gasteiger partial charge on any atom is 0.310 e. The van der Waals surface area contributed by atoms with Crippen LogP contribution in [-0.4, -0.2) is 56.2 Å². The molecule has 0 bridgehead atoms. The van der Waals surface area contributed by atoms with Crippen LogP contribution in [0.4, 0.5) is 0 Å². The highest BCUT2D eigenvalue weighted by Crippen LogP contribution is 2.19. The number of amides is 1. The van der Waals surface area contributed by atoms with Crippen molar-refractivity contribution in [3.05, 3.63) is 0 Å². The van der Waals surface area contributed by atoms with E-state index >= 15 is 0 Å². The van der Waals surface area contributed by atoms with Gasteiger partial charge < -0.3 is 20.1 Å². The van der Waals surface area contributed by atoms with Gasteiger partial charge in [0.1, 0.15) is 0 Å². The zero-order valence-electron chi connectivity index (χ0n) is 11.8. The Morgan fingerprint density at radius 1 is 1.47 bits per heavy atom. The fourth-order valence-electron chi connectivity index (χ4n) is 2.24. The lowest BCUT2D eigenvalue weighted by atomic mass is 9.97. The standard InChI is InChI=1S/C13H24N2O4/c1-3-19-13(17)10-5-4-6-15(9-10)12(16)7-11(8-14)18-2/h10-11H,3-9,14H2,1-2H3. The van der Waals surface area contributed by atoms with Gasteiger partial charge in [-0.05, 0) is 19.8 Å². The molecule has 0 aromatic heterocycles. The van der Waals surface area contributed by atoms with Crippen molar-refractivity contribution >= 4 is 11.9 Å². The number of methoxy groups -OCH3 is 1. The Morgan fingerprint density at radius 3 is 2.79 bits per heavy atom. The average Bonchev–Trinajstić information content (AvgIpc) is 2.44. The molecule has 0 aliphatic carbocycles. The third kappa shape index (κ3) is 4.80. The molecule has 2 N–H and O–H groups in total. The van der Waals surface area contributed by atoms with Gasteiger partial charge in [-0.2, -0.15) is 0 Å². The number of esters is 1. The smallest absolute Gasteiger partial charge is 0.310 e. The average molecular weight is 272 g/mol. The molecule has 1 fully saturated rings. The van der Waals surface area contributed by atoms with Crippen LogP contribution in [0.3, 0.4) is 0 Å². The predicted octanol–water partition coefficient (Wildman–Crippen LogP) is 0.152. The monoisotopic (exact) mass is 272 g/mol. The first-order valence-electron chi connectivity index (χ1n) is 6.79. The van der Waals surface area contributed by atoms with Crippen LogP contribution in [-0.2, 0) is 19.1 Å². The number of carbonyl (C=O) groups is 2. The van der Waals surface area contributed by atoms with E-state index in [1.165, 1.54) is 0 Å². The van der Waals surface area contributed by atoms with Gasteiger partial charge >= 0.3 is 5.97 Å². The van der Waals surface area contributed by atoms with Crippen molar-refractivity contribution in [2.75, 3.05) is 33.4 Å². The molecule has 1 saturated heterocycles. The summed E-state index contributed by atoms with van der Waals surface area (Å²) in [6.07, 6.45) is 1.63. The summed E-state index contributed by atoms with van der Waals surface area (Å²) in [6.45, 7) is 3.61. The minimum Gasteiger partial charge on any atom is -0.466 e. The number of likely N-dealkylation sites (tertiary alicyclic amines) is 1. The normalized spacial score (nSPS) is 21.0. The summed E-state index contributed by atoms with van der Waals surface area (Å²) >= 11 is 0. The number of nitrogens with zero attached hydrogens (tertiary/aromatic N) is 1. The Kier molecular flexibility index (Phi) is 6.80. The van der Waals surface area contributed by atoms with E-state index in [0.717, 1.165) is 12.8 Å². The van der Waals surface area contributed by atoms with Crippen LogP contribution in [0.1, 0.15) is 26.2 Å². The Morgan fingerprint density at radius 2 is 2.21 bits per heavy atom. The Labute approximate surface area is 114 Å². The first-order chi connectivity index (χ1) is 9.12. The Balaban J connectivity index is 2.49. The summed E-state index contributed by atoms with van der Waals surface area (Å²) in [6, 6.07) is 0. The van der Waals surface area contributed by atoms with Crippen molar-refractivity contribution in [2.24, 2.45) is 11.7 Å². The molecule has 1 amide bonds. The Hall–Kier alpha value is -1.14. The summed E-state index contributed by atoms with van der Waals surface area (Å²) in [5.74, 6) is -0.412. The van der Waals surface area contributed by atoms with E-state index < -0.39 is 0 Å². The van der Waals surface area contributed by atoms with E-state index in [1.54, 1.807) is 18.9 Å². The van der Waals surface area contributed by atoms with Crippen molar-refractivity contribution in [1.82, 2.24) is 4.90 Å². The molecule has 2 unspecified atom stereocenters. The summed E-state index contributed by atoms with van der Waals surface area (Å²) < 4.78 is 10.1. The molecule has 0 radical (unpaired) electrons. The molecule has 1 heterocycles. The number of hydrogen-bond acceptors (Lipinski definition) is 5. The van der Waals surface area contributed by atoms with Gasteiger partial charge in [-0.3, -0.25) is 9.59 Å². The van der Waals surface area contributed by atoms with Crippen molar-refractivity contribution in [1.29, 1.82) is 0 Å². The van der Waals surface area contributed by atoms with Gasteiger partial charge in [-0.1, -0.05) is 0 Å². The van der Waals surface area contributed by atoms with E-state index in [2.05, 4.69) is 0 Å². The zero-order chi connectivity index (χ0) is 14.3. The van der Waals surface area contributed by atoms with Gasteiger partial charge in [0.05, 0.1) is 25.0 Å². The van der Waals surface area contributed by atoms with Crippen LogP contribution in [0.15, 0.2) is 0 Å². The van der Waals surface area contributed by atoms with E-state index in [9.17, 15) is 9.59 Å². The van der Waals surface area contributed by atoms with Crippen LogP contribution < -0.4 is 5.73 Å².